The maximum atomic E-state index is 13.0. The first-order valence-electron chi connectivity index (χ1n) is 8.80. The van der Waals surface area contributed by atoms with Crippen molar-refractivity contribution in [2.75, 3.05) is 52.2 Å². The first-order chi connectivity index (χ1) is 12.5. The lowest BCUT2D eigenvalue weighted by Gasteiger charge is -2.36. The van der Waals surface area contributed by atoms with Gasteiger partial charge in [-0.25, -0.2) is 0 Å². The number of morpholine rings is 1. The van der Waals surface area contributed by atoms with Crippen molar-refractivity contribution in [2.45, 2.75) is 12.8 Å². The second-order valence-corrected chi connectivity index (χ2v) is 7.01. The average Bonchev–Trinajstić information content (AvgIpc) is 2.69. The zero-order valence-corrected chi connectivity index (χ0v) is 16.9. The van der Waals surface area contributed by atoms with Crippen LogP contribution in [0, 0.1) is 5.92 Å². The highest BCUT2D eigenvalue weighted by Gasteiger charge is 2.33. The third-order valence-electron chi connectivity index (χ3n) is 4.93. The number of hydrogen-bond donors (Lipinski definition) is 1. The Hall–Kier alpha value is -1.70. The molecule has 1 unspecified atom stereocenters. The minimum atomic E-state index is -0.191. The predicted molar refractivity (Wildman–Crippen MR) is 106 cm³/mol. The van der Waals surface area contributed by atoms with Gasteiger partial charge >= 0.3 is 0 Å². The van der Waals surface area contributed by atoms with Gasteiger partial charge in [0, 0.05) is 32.2 Å². The highest BCUT2D eigenvalue weighted by atomic mass is 35.5. The lowest BCUT2D eigenvalue weighted by Crippen LogP contribution is -2.49. The first kappa shape index (κ1) is 21.6. The first-order valence-corrected chi connectivity index (χ1v) is 9.18. The maximum absolute atomic E-state index is 13.0. The molecule has 2 N–H and O–H groups in total. The molecule has 3 rings (SSSR count). The molecule has 0 aromatic heterocycles. The molecule has 2 fully saturated rings. The number of hydrogen-bond acceptors (Lipinski definition) is 5. The smallest absolute Gasteiger partial charge is 0.257 e. The van der Waals surface area contributed by atoms with Gasteiger partial charge in [-0.05, 0) is 18.9 Å². The summed E-state index contributed by atoms with van der Waals surface area (Å²) in [5, 5.41) is 0.312. The third-order valence-corrected chi connectivity index (χ3v) is 5.26. The van der Waals surface area contributed by atoms with Gasteiger partial charge in [0.25, 0.3) is 5.91 Å². The van der Waals surface area contributed by atoms with Crippen molar-refractivity contribution < 1.29 is 19.1 Å². The molecule has 2 amide bonds. The van der Waals surface area contributed by atoms with Gasteiger partial charge in [0.2, 0.25) is 5.91 Å². The van der Waals surface area contributed by atoms with Crippen molar-refractivity contribution in [3.05, 3.63) is 22.7 Å². The van der Waals surface area contributed by atoms with E-state index >= 15 is 0 Å². The van der Waals surface area contributed by atoms with Crippen molar-refractivity contribution in [1.29, 1.82) is 0 Å². The molecule has 1 aromatic rings. The van der Waals surface area contributed by atoms with E-state index in [2.05, 4.69) is 0 Å². The molecule has 9 heteroatoms. The highest BCUT2D eigenvalue weighted by Crippen LogP contribution is 2.31. The van der Waals surface area contributed by atoms with Crippen LogP contribution in [-0.2, 0) is 9.53 Å². The molecule has 2 aliphatic rings. The predicted octanol–water partition coefficient (Wildman–Crippen LogP) is 2.06. The lowest BCUT2D eigenvalue weighted by molar-refractivity contribution is -0.141. The number of amides is 2. The number of nitrogens with zero attached hydrogens (tertiary/aromatic N) is 2. The van der Waals surface area contributed by atoms with Gasteiger partial charge in [-0.3, -0.25) is 9.59 Å². The van der Waals surface area contributed by atoms with E-state index in [1.165, 1.54) is 13.2 Å². The summed E-state index contributed by atoms with van der Waals surface area (Å²) in [6.45, 7) is 3.39. The number of anilines is 1. The van der Waals surface area contributed by atoms with E-state index in [1.54, 1.807) is 11.0 Å². The van der Waals surface area contributed by atoms with E-state index in [-0.39, 0.29) is 30.1 Å². The Balaban J connectivity index is 0.00000261. The number of carbonyl (C=O) groups excluding carboxylic acids is 2. The molecule has 2 aliphatic heterocycles. The van der Waals surface area contributed by atoms with Crippen molar-refractivity contribution >= 4 is 41.5 Å². The number of carbonyl (C=O) groups is 2. The Labute approximate surface area is 170 Å². The number of methoxy groups -OCH3 is 1. The van der Waals surface area contributed by atoms with Gasteiger partial charge in [0.15, 0.2) is 0 Å². The molecule has 150 valence electrons. The summed E-state index contributed by atoms with van der Waals surface area (Å²) in [6, 6.07) is 3.08. The Bertz CT molecular complexity index is 695. The zero-order chi connectivity index (χ0) is 18.7. The molecule has 0 radical (unpaired) electrons. The minimum Gasteiger partial charge on any atom is -0.496 e. The van der Waals surface area contributed by atoms with Crippen LogP contribution in [0.15, 0.2) is 12.1 Å². The molecular formula is C18H25Cl2N3O4. The summed E-state index contributed by atoms with van der Waals surface area (Å²) in [5.74, 6) is 0.121. The lowest BCUT2D eigenvalue weighted by atomic mass is 9.95. The molecule has 0 bridgehead atoms. The van der Waals surface area contributed by atoms with Crippen LogP contribution < -0.4 is 10.5 Å². The summed E-state index contributed by atoms with van der Waals surface area (Å²) >= 11 is 6.08. The van der Waals surface area contributed by atoms with Crippen molar-refractivity contribution in [2.24, 2.45) is 5.92 Å². The summed E-state index contributed by atoms with van der Waals surface area (Å²) in [5.41, 5.74) is 6.52. The van der Waals surface area contributed by atoms with Gasteiger partial charge in [0.1, 0.15) is 5.75 Å². The molecule has 0 aliphatic carbocycles. The molecule has 2 saturated heterocycles. The van der Waals surface area contributed by atoms with Crippen LogP contribution in [0.5, 0.6) is 5.75 Å². The monoisotopic (exact) mass is 417 g/mol. The molecule has 1 atom stereocenters. The molecule has 0 spiro atoms. The number of nitrogens with two attached hydrogens (primary N) is 1. The quantitative estimate of drug-likeness (QED) is 0.760. The molecule has 7 nitrogen and oxygen atoms in total. The van der Waals surface area contributed by atoms with Gasteiger partial charge in [-0.15, -0.1) is 12.4 Å². The topological polar surface area (TPSA) is 85.1 Å². The molecule has 1 aromatic carbocycles. The Morgan fingerprint density at radius 3 is 2.59 bits per heavy atom. The third kappa shape index (κ3) is 4.78. The summed E-state index contributed by atoms with van der Waals surface area (Å²) in [6.07, 6.45) is 1.58. The van der Waals surface area contributed by atoms with Gasteiger partial charge in [-0.1, -0.05) is 11.6 Å². The van der Waals surface area contributed by atoms with E-state index in [9.17, 15) is 9.59 Å². The molecular weight excluding hydrogens is 393 g/mol. The minimum absolute atomic E-state index is 0. The summed E-state index contributed by atoms with van der Waals surface area (Å²) in [7, 11) is 1.49. The number of benzene rings is 1. The Morgan fingerprint density at radius 2 is 1.93 bits per heavy atom. The van der Waals surface area contributed by atoms with Crippen LogP contribution in [0.4, 0.5) is 5.69 Å². The number of nitrogen functional groups attached to an aromatic ring is 1. The fraction of sp³-hybridized carbons (Fsp3) is 0.556. The SMILES string of the molecule is COc1cc(N)c(Cl)cc1C(=O)N1CCCC(C(=O)N2CCOCC2)C1.Cl. The van der Waals surface area contributed by atoms with Crippen LogP contribution >= 0.6 is 24.0 Å². The van der Waals surface area contributed by atoms with Crippen molar-refractivity contribution in [1.82, 2.24) is 9.80 Å². The van der Waals surface area contributed by atoms with Crippen LogP contribution in [-0.4, -0.2) is 68.1 Å². The van der Waals surface area contributed by atoms with Crippen LogP contribution in [0.3, 0.4) is 0 Å². The van der Waals surface area contributed by atoms with Crippen molar-refractivity contribution in [3.63, 3.8) is 0 Å². The Morgan fingerprint density at radius 1 is 1.22 bits per heavy atom. The normalized spacial score (nSPS) is 20.0. The van der Waals surface area contributed by atoms with E-state index in [1.807, 2.05) is 4.90 Å². The van der Waals surface area contributed by atoms with E-state index in [4.69, 9.17) is 26.8 Å². The number of ether oxygens (including phenoxy) is 2. The van der Waals surface area contributed by atoms with Crippen LogP contribution in [0.25, 0.3) is 0 Å². The highest BCUT2D eigenvalue weighted by molar-refractivity contribution is 6.33. The van der Waals surface area contributed by atoms with Crippen LogP contribution in [0.2, 0.25) is 5.02 Å². The fourth-order valence-electron chi connectivity index (χ4n) is 3.48. The largest absolute Gasteiger partial charge is 0.496 e. The molecule has 2 heterocycles. The van der Waals surface area contributed by atoms with E-state index < -0.39 is 0 Å². The standard InChI is InChI=1S/C18H24ClN3O4.ClH/c1-25-16-10-15(20)14(19)9-13(16)18(24)22-4-2-3-12(11-22)17(23)21-5-7-26-8-6-21;/h9-10,12H,2-8,11,20H2,1H3;1H. The van der Waals surface area contributed by atoms with Crippen LogP contribution in [0.1, 0.15) is 23.2 Å². The Kier molecular flexibility index (Phi) is 7.59. The van der Waals surface area contributed by atoms with Gasteiger partial charge < -0.3 is 25.0 Å². The van der Waals surface area contributed by atoms with E-state index in [0.29, 0.717) is 61.4 Å². The summed E-state index contributed by atoms with van der Waals surface area (Å²) < 4.78 is 10.6. The molecule has 27 heavy (non-hydrogen) atoms. The number of rotatable bonds is 3. The van der Waals surface area contributed by atoms with Gasteiger partial charge in [0.05, 0.1) is 42.5 Å². The number of likely N-dealkylation sites (tertiary alicyclic amines) is 1. The number of piperidine rings is 1. The van der Waals surface area contributed by atoms with Crippen molar-refractivity contribution in [3.8, 4) is 5.75 Å². The van der Waals surface area contributed by atoms with Gasteiger partial charge in [-0.2, -0.15) is 0 Å². The second kappa shape index (κ2) is 9.48. The zero-order valence-electron chi connectivity index (χ0n) is 15.3. The summed E-state index contributed by atoms with van der Waals surface area (Å²) in [4.78, 5) is 29.3. The average molecular weight is 418 g/mol. The molecule has 0 saturated carbocycles. The maximum Gasteiger partial charge on any atom is 0.257 e. The number of halogens is 2. The second-order valence-electron chi connectivity index (χ2n) is 6.60. The van der Waals surface area contributed by atoms with E-state index in [0.717, 1.165) is 12.8 Å². The fourth-order valence-corrected chi connectivity index (χ4v) is 3.64.